The molecule has 0 spiro atoms. The normalized spacial score (nSPS) is 12.0. The third-order valence-corrected chi connectivity index (χ3v) is 3.03. The van der Waals surface area contributed by atoms with Crippen molar-refractivity contribution in [1.82, 2.24) is 20.2 Å². The number of aromatic nitrogens is 4. The van der Waals surface area contributed by atoms with Gasteiger partial charge in [0.05, 0.1) is 26.7 Å². The van der Waals surface area contributed by atoms with Crippen LogP contribution in [0.15, 0.2) is 18.2 Å². The molecule has 1 unspecified atom stereocenters. The number of carboxylic acids is 1. The smallest absolute Gasteiger partial charge is 0.305 e. The molecule has 0 saturated heterocycles. The largest absolute Gasteiger partial charge is 0.496 e. The lowest BCUT2D eigenvalue weighted by atomic mass is 10.1. The van der Waals surface area contributed by atoms with E-state index in [0.29, 0.717) is 22.9 Å². The van der Waals surface area contributed by atoms with E-state index in [4.69, 9.17) is 14.6 Å². The number of hydrogen-bond acceptors (Lipinski definition) is 6. The van der Waals surface area contributed by atoms with Gasteiger partial charge in [-0.2, -0.15) is 0 Å². The number of rotatable bonds is 6. The monoisotopic (exact) mass is 292 g/mol. The maximum Gasteiger partial charge on any atom is 0.305 e. The molecule has 21 heavy (non-hydrogen) atoms. The minimum Gasteiger partial charge on any atom is -0.496 e. The van der Waals surface area contributed by atoms with E-state index >= 15 is 0 Å². The highest BCUT2D eigenvalue weighted by molar-refractivity contribution is 5.72. The molecule has 112 valence electrons. The Morgan fingerprint density at radius 2 is 1.95 bits per heavy atom. The first-order valence-electron chi connectivity index (χ1n) is 6.29. The van der Waals surface area contributed by atoms with Crippen LogP contribution in [0.4, 0.5) is 0 Å². The van der Waals surface area contributed by atoms with E-state index in [1.54, 1.807) is 25.1 Å². The summed E-state index contributed by atoms with van der Waals surface area (Å²) in [7, 11) is 3.07. The molecule has 1 aromatic carbocycles. The average Bonchev–Trinajstić information content (AvgIpc) is 2.94. The molecule has 0 bridgehead atoms. The fourth-order valence-electron chi connectivity index (χ4n) is 2.07. The van der Waals surface area contributed by atoms with Crippen molar-refractivity contribution in [2.45, 2.75) is 19.4 Å². The predicted octanol–water partition coefficient (Wildman–Crippen LogP) is 1.39. The lowest BCUT2D eigenvalue weighted by Crippen LogP contribution is -2.13. The second-order valence-corrected chi connectivity index (χ2v) is 4.43. The third kappa shape index (κ3) is 2.93. The van der Waals surface area contributed by atoms with E-state index in [-0.39, 0.29) is 6.42 Å². The van der Waals surface area contributed by atoms with Crippen molar-refractivity contribution < 1.29 is 19.4 Å². The molecular weight excluding hydrogens is 276 g/mol. The van der Waals surface area contributed by atoms with Gasteiger partial charge in [0.1, 0.15) is 17.1 Å². The van der Waals surface area contributed by atoms with Crippen LogP contribution < -0.4 is 9.47 Å². The number of benzene rings is 1. The Balaban J connectivity index is 2.53. The second-order valence-electron chi connectivity index (χ2n) is 4.43. The zero-order chi connectivity index (χ0) is 15.4. The van der Waals surface area contributed by atoms with Crippen LogP contribution in [0.2, 0.25) is 0 Å². The molecule has 1 aromatic heterocycles. The van der Waals surface area contributed by atoms with Gasteiger partial charge < -0.3 is 14.6 Å². The highest BCUT2D eigenvalue weighted by Crippen LogP contribution is 2.37. The van der Waals surface area contributed by atoms with Crippen LogP contribution in [0, 0.1) is 0 Å². The highest BCUT2D eigenvalue weighted by atomic mass is 16.5. The summed E-state index contributed by atoms with van der Waals surface area (Å²) in [6.45, 7) is 1.73. The number of carbonyl (C=O) groups is 1. The van der Waals surface area contributed by atoms with E-state index in [0.717, 1.165) is 0 Å². The molecule has 2 aromatic rings. The fraction of sp³-hybridized carbons (Fsp3) is 0.385. The van der Waals surface area contributed by atoms with Crippen molar-refractivity contribution in [2.24, 2.45) is 0 Å². The minimum absolute atomic E-state index is 0.0878. The van der Waals surface area contributed by atoms with Gasteiger partial charge in [-0.3, -0.25) is 4.79 Å². The number of carboxylic acid groups (broad SMARTS) is 1. The number of hydrogen-bond donors (Lipinski definition) is 1. The first-order chi connectivity index (χ1) is 10.1. The topological polar surface area (TPSA) is 99.4 Å². The second kappa shape index (κ2) is 6.21. The summed E-state index contributed by atoms with van der Waals surface area (Å²) in [5, 5.41) is 20.4. The van der Waals surface area contributed by atoms with Crippen molar-refractivity contribution in [3.63, 3.8) is 0 Å². The molecule has 0 fully saturated rings. The van der Waals surface area contributed by atoms with Crippen LogP contribution >= 0.6 is 0 Å². The minimum atomic E-state index is -0.920. The van der Waals surface area contributed by atoms with Crippen LogP contribution in [0.5, 0.6) is 11.5 Å². The quantitative estimate of drug-likeness (QED) is 0.858. The van der Waals surface area contributed by atoms with Gasteiger partial charge in [-0.25, -0.2) is 4.68 Å². The molecule has 0 saturated carbocycles. The van der Waals surface area contributed by atoms with E-state index < -0.39 is 12.0 Å². The van der Waals surface area contributed by atoms with Gasteiger partial charge in [-0.15, -0.1) is 5.10 Å². The van der Waals surface area contributed by atoms with Crippen molar-refractivity contribution in [3.8, 4) is 22.9 Å². The average molecular weight is 292 g/mol. The highest BCUT2D eigenvalue weighted by Gasteiger charge is 2.22. The lowest BCUT2D eigenvalue weighted by Gasteiger charge is -2.15. The van der Waals surface area contributed by atoms with Gasteiger partial charge in [0.25, 0.3) is 0 Å². The summed E-state index contributed by atoms with van der Waals surface area (Å²) in [6, 6.07) is 4.91. The molecule has 1 heterocycles. The van der Waals surface area contributed by atoms with Gasteiger partial charge in [0, 0.05) is 0 Å². The van der Waals surface area contributed by atoms with Crippen LogP contribution in [0.25, 0.3) is 11.4 Å². The molecule has 1 N–H and O–H groups in total. The van der Waals surface area contributed by atoms with Crippen molar-refractivity contribution in [1.29, 1.82) is 0 Å². The molecule has 8 heteroatoms. The number of nitrogens with zero attached hydrogens (tertiary/aromatic N) is 4. The summed E-state index contributed by atoms with van der Waals surface area (Å²) in [5.74, 6) is 0.579. The molecule has 0 aliphatic heterocycles. The Labute approximate surface area is 121 Å². The van der Waals surface area contributed by atoms with E-state index in [1.165, 1.54) is 18.9 Å². The molecule has 0 aliphatic rings. The molecule has 0 amide bonds. The first-order valence-corrected chi connectivity index (χ1v) is 6.29. The van der Waals surface area contributed by atoms with Gasteiger partial charge in [0.15, 0.2) is 5.82 Å². The summed E-state index contributed by atoms with van der Waals surface area (Å²) in [4.78, 5) is 10.9. The maximum absolute atomic E-state index is 10.9. The molecule has 0 aliphatic carbocycles. The molecule has 1 atom stereocenters. The van der Waals surface area contributed by atoms with Crippen LogP contribution in [-0.2, 0) is 4.79 Å². The van der Waals surface area contributed by atoms with Crippen LogP contribution in [0.1, 0.15) is 19.4 Å². The Morgan fingerprint density at radius 3 is 2.48 bits per heavy atom. The molecular formula is C13H16N4O4. The lowest BCUT2D eigenvalue weighted by molar-refractivity contribution is -0.137. The van der Waals surface area contributed by atoms with Gasteiger partial charge in [0.2, 0.25) is 0 Å². The van der Waals surface area contributed by atoms with E-state index in [9.17, 15) is 4.79 Å². The Kier molecular flexibility index (Phi) is 4.36. The summed E-state index contributed by atoms with van der Waals surface area (Å²) >= 11 is 0. The van der Waals surface area contributed by atoms with Crippen molar-refractivity contribution >= 4 is 5.97 Å². The van der Waals surface area contributed by atoms with Crippen molar-refractivity contribution in [2.75, 3.05) is 14.2 Å². The van der Waals surface area contributed by atoms with Crippen LogP contribution in [0.3, 0.4) is 0 Å². The Bertz CT molecular complexity index is 619. The maximum atomic E-state index is 10.9. The summed E-state index contributed by atoms with van der Waals surface area (Å²) < 4.78 is 12.1. The number of methoxy groups -OCH3 is 2. The van der Waals surface area contributed by atoms with Gasteiger partial charge in [-0.1, -0.05) is 6.07 Å². The Hall–Kier alpha value is -2.64. The Morgan fingerprint density at radius 1 is 1.33 bits per heavy atom. The van der Waals surface area contributed by atoms with Crippen molar-refractivity contribution in [3.05, 3.63) is 18.2 Å². The SMILES string of the molecule is COc1cccc(OC)c1-c1nnnn1C(C)CC(=O)O. The molecule has 2 rings (SSSR count). The standard InChI is InChI=1S/C13H16N4O4/c1-8(7-11(18)19)17-13(14-15-16-17)12-9(20-2)5-4-6-10(12)21-3/h4-6,8H,7H2,1-3H3,(H,18,19). The molecule has 0 radical (unpaired) electrons. The first kappa shape index (κ1) is 14.8. The van der Waals surface area contributed by atoms with E-state index in [1.807, 2.05) is 0 Å². The predicted molar refractivity (Wildman–Crippen MR) is 73.3 cm³/mol. The number of aliphatic carboxylic acids is 1. The summed E-state index contributed by atoms with van der Waals surface area (Å²) in [6.07, 6.45) is -0.0878. The number of ether oxygens (including phenoxy) is 2. The zero-order valence-corrected chi connectivity index (χ0v) is 12.0. The zero-order valence-electron chi connectivity index (χ0n) is 12.0. The third-order valence-electron chi connectivity index (χ3n) is 3.03. The summed E-state index contributed by atoms with van der Waals surface area (Å²) in [5.41, 5.74) is 0.588. The van der Waals surface area contributed by atoms with Gasteiger partial charge >= 0.3 is 5.97 Å². The van der Waals surface area contributed by atoms with Crippen LogP contribution in [-0.4, -0.2) is 45.5 Å². The fourth-order valence-corrected chi connectivity index (χ4v) is 2.07. The number of tetrazole rings is 1. The van der Waals surface area contributed by atoms with E-state index in [2.05, 4.69) is 15.5 Å². The van der Waals surface area contributed by atoms with Gasteiger partial charge in [-0.05, 0) is 29.5 Å². The molecule has 8 nitrogen and oxygen atoms in total.